The molecule has 86 valence electrons. The Labute approximate surface area is 90.2 Å². The molecule has 16 heavy (non-hydrogen) atoms. The molecule has 1 aromatic rings. The van der Waals surface area contributed by atoms with Crippen LogP contribution in [0.4, 0.5) is 13.6 Å². The third-order valence-electron chi connectivity index (χ3n) is 1.68. The normalized spacial score (nSPS) is 9.69. The van der Waals surface area contributed by atoms with E-state index >= 15 is 0 Å². The number of amides is 1. The molecule has 6 heteroatoms. The van der Waals surface area contributed by atoms with E-state index in [1.165, 1.54) is 12.1 Å². The van der Waals surface area contributed by atoms with Crippen molar-refractivity contribution < 1.29 is 23.1 Å². The van der Waals surface area contributed by atoms with Gasteiger partial charge in [-0.25, -0.2) is 9.18 Å². The molecule has 0 aliphatic heterocycles. The maximum atomic E-state index is 13.3. The molecular weight excluding hydrogens is 220 g/mol. The maximum absolute atomic E-state index is 13.3. The summed E-state index contributed by atoms with van der Waals surface area (Å²) in [6, 6.07) is 3.70. The Hall–Kier alpha value is -1.98. The van der Waals surface area contributed by atoms with Gasteiger partial charge in [-0.3, -0.25) is 4.79 Å². The molecule has 1 N–H and O–H groups in total. The molecule has 1 aromatic carbocycles. The summed E-state index contributed by atoms with van der Waals surface area (Å²) in [5.41, 5.74) is 0.361. The monoisotopic (exact) mass is 229 g/mol. The fraction of sp³-hybridized carbons (Fsp3) is 0.200. The lowest BCUT2D eigenvalue weighted by atomic mass is 10.2. The summed E-state index contributed by atoms with van der Waals surface area (Å²) in [5.74, 6) is -1.59. The van der Waals surface area contributed by atoms with E-state index in [1.54, 1.807) is 0 Å². The zero-order valence-corrected chi connectivity index (χ0v) is 8.42. The van der Waals surface area contributed by atoms with Crippen LogP contribution in [-0.2, 0) is 11.3 Å². The van der Waals surface area contributed by atoms with Crippen LogP contribution in [0.1, 0.15) is 12.5 Å². The van der Waals surface area contributed by atoms with Gasteiger partial charge in [-0.1, -0.05) is 6.07 Å². The quantitative estimate of drug-likeness (QED) is 0.373. The summed E-state index contributed by atoms with van der Waals surface area (Å²) < 4.78 is 29.6. The lowest BCUT2D eigenvalue weighted by Crippen LogP contribution is -2.16. The van der Waals surface area contributed by atoms with Crippen molar-refractivity contribution in [3.8, 4) is 5.75 Å². The number of hydrogen-bond acceptors (Lipinski definition) is 3. The molecule has 0 radical (unpaired) electrons. The van der Waals surface area contributed by atoms with Crippen LogP contribution >= 0.6 is 0 Å². The van der Waals surface area contributed by atoms with Gasteiger partial charge >= 0.3 is 12.1 Å². The number of carbonyl (C=O) groups excluding carboxylic acids is 2. The molecule has 0 saturated heterocycles. The topological polar surface area (TPSA) is 55.4 Å². The molecular formula is C10H9F2NO3. The summed E-state index contributed by atoms with van der Waals surface area (Å²) >= 11 is 0. The lowest BCUT2D eigenvalue weighted by Gasteiger charge is -2.05. The van der Waals surface area contributed by atoms with Gasteiger partial charge in [0.2, 0.25) is 0 Å². The molecule has 0 aromatic heterocycles. The van der Waals surface area contributed by atoms with E-state index in [2.05, 4.69) is 4.74 Å². The summed E-state index contributed by atoms with van der Waals surface area (Å²) in [4.78, 5) is 20.5. The van der Waals surface area contributed by atoms with Crippen molar-refractivity contribution in [2.75, 3.05) is 0 Å². The highest BCUT2D eigenvalue weighted by molar-refractivity contribution is 5.69. The number of carbonyl (C=O) groups is 2. The zero-order valence-electron chi connectivity index (χ0n) is 8.42. The number of hydrogen-bond donors (Lipinski definition) is 1. The van der Waals surface area contributed by atoms with E-state index in [1.807, 2.05) is 5.32 Å². The fourth-order valence-corrected chi connectivity index (χ4v) is 1.06. The first kappa shape index (κ1) is 12.1. The van der Waals surface area contributed by atoms with Crippen LogP contribution in [0.5, 0.6) is 5.75 Å². The maximum Gasteiger partial charge on any atom is 0.397 e. The minimum absolute atomic E-state index is 0.132. The number of benzene rings is 1. The molecule has 0 fully saturated rings. The highest BCUT2D eigenvalue weighted by atomic mass is 19.1. The summed E-state index contributed by atoms with van der Waals surface area (Å²) in [7, 11) is 0. The smallest absolute Gasteiger partial charge is 0.397 e. The number of halogens is 2. The van der Waals surface area contributed by atoms with E-state index < -0.39 is 17.9 Å². The predicted octanol–water partition coefficient (Wildman–Crippen LogP) is 1.93. The summed E-state index contributed by atoms with van der Waals surface area (Å²) in [6.45, 7) is 1.02. The Morgan fingerprint density at radius 1 is 1.44 bits per heavy atom. The lowest BCUT2D eigenvalue weighted by molar-refractivity contribution is -0.132. The van der Waals surface area contributed by atoms with Gasteiger partial charge in [0, 0.05) is 13.5 Å². The second kappa shape index (κ2) is 5.20. The predicted molar refractivity (Wildman–Crippen MR) is 51.1 cm³/mol. The molecule has 0 aliphatic carbocycles. The van der Waals surface area contributed by atoms with Gasteiger partial charge in [0.15, 0.2) is 11.6 Å². The molecule has 0 bridgehead atoms. The first-order valence-electron chi connectivity index (χ1n) is 4.39. The van der Waals surface area contributed by atoms with Gasteiger partial charge in [-0.15, -0.1) is 4.39 Å². The number of esters is 1. The minimum Gasteiger partial charge on any atom is -0.424 e. The van der Waals surface area contributed by atoms with E-state index in [0.717, 1.165) is 13.0 Å². The third kappa shape index (κ3) is 3.64. The van der Waals surface area contributed by atoms with Crippen LogP contribution in [0.15, 0.2) is 18.2 Å². The molecule has 1 amide bonds. The van der Waals surface area contributed by atoms with Gasteiger partial charge in [0.1, 0.15) is 0 Å². The Morgan fingerprint density at radius 2 is 2.12 bits per heavy atom. The number of nitrogens with one attached hydrogen (secondary N) is 1. The van der Waals surface area contributed by atoms with Crippen molar-refractivity contribution in [2.45, 2.75) is 13.5 Å². The first-order valence-corrected chi connectivity index (χ1v) is 4.39. The van der Waals surface area contributed by atoms with E-state index in [-0.39, 0.29) is 12.3 Å². The average Bonchev–Trinajstić information content (AvgIpc) is 2.18. The molecule has 0 saturated carbocycles. The van der Waals surface area contributed by atoms with E-state index in [4.69, 9.17) is 0 Å². The van der Waals surface area contributed by atoms with Crippen molar-refractivity contribution in [1.29, 1.82) is 0 Å². The Kier molecular flexibility index (Phi) is 3.93. The van der Waals surface area contributed by atoms with Gasteiger partial charge in [0.25, 0.3) is 0 Å². The third-order valence-corrected chi connectivity index (χ3v) is 1.68. The van der Waals surface area contributed by atoms with Crippen molar-refractivity contribution in [1.82, 2.24) is 5.32 Å². The van der Waals surface area contributed by atoms with Crippen LogP contribution in [0, 0.1) is 5.82 Å². The molecule has 0 heterocycles. The second-order valence-electron chi connectivity index (χ2n) is 2.99. The van der Waals surface area contributed by atoms with E-state index in [9.17, 15) is 18.4 Å². The standard InChI is InChI=1S/C10H9F2NO3/c1-6(14)16-9-3-2-7(4-8(9)11)5-13-10(12)15/h2-4H,5H2,1H3,(H,13,15). The molecule has 0 atom stereocenters. The Bertz CT molecular complexity index is 421. The van der Waals surface area contributed by atoms with Gasteiger partial charge in [-0.2, -0.15) is 0 Å². The van der Waals surface area contributed by atoms with Crippen LogP contribution < -0.4 is 10.1 Å². The van der Waals surface area contributed by atoms with Crippen molar-refractivity contribution in [2.24, 2.45) is 0 Å². The zero-order chi connectivity index (χ0) is 12.1. The van der Waals surface area contributed by atoms with Crippen molar-refractivity contribution in [3.05, 3.63) is 29.6 Å². The summed E-state index contributed by atoms with van der Waals surface area (Å²) in [6.07, 6.45) is -1.69. The number of ether oxygens (including phenoxy) is 1. The van der Waals surface area contributed by atoms with Crippen LogP contribution in [0.3, 0.4) is 0 Å². The molecule has 4 nitrogen and oxygen atoms in total. The Balaban J connectivity index is 2.74. The minimum atomic E-state index is -1.69. The van der Waals surface area contributed by atoms with Gasteiger partial charge in [-0.05, 0) is 17.7 Å². The SMILES string of the molecule is CC(=O)Oc1ccc(CNC(=O)F)cc1F. The van der Waals surface area contributed by atoms with Crippen molar-refractivity contribution in [3.63, 3.8) is 0 Å². The average molecular weight is 229 g/mol. The highest BCUT2D eigenvalue weighted by Crippen LogP contribution is 2.18. The van der Waals surface area contributed by atoms with Crippen LogP contribution in [0.25, 0.3) is 0 Å². The Morgan fingerprint density at radius 3 is 2.62 bits per heavy atom. The molecule has 0 spiro atoms. The van der Waals surface area contributed by atoms with Crippen LogP contribution in [0.2, 0.25) is 0 Å². The van der Waals surface area contributed by atoms with Gasteiger partial charge < -0.3 is 10.1 Å². The highest BCUT2D eigenvalue weighted by Gasteiger charge is 2.07. The summed E-state index contributed by atoms with van der Waals surface area (Å²) in [5, 5.41) is 1.87. The molecule has 0 unspecified atom stereocenters. The molecule has 1 rings (SSSR count). The second-order valence-corrected chi connectivity index (χ2v) is 2.99. The first-order chi connectivity index (χ1) is 7.49. The van der Waals surface area contributed by atoms with Gasteiger partial charge in [0.05, 0.1) is 0 Å². The van der Waals surface area contributed by atoms with E-state index in [0.29, 0.717) is 5.56 Å². The van der Waals surface area contributed by atoms with Crippen LogP contribution in [-0.4, -0.2) is 12.1 Å². The largest absolute Gasteiger partial charge is 0.424 e. The number of rotatable bonds is 3. The van der Waals surface area contributed by atoms with Crippen molar-refractivity contribution >= 4 is 12.1 Å². The molecule has 0 aliphatic rings. The fourth-order valence-electron chi connectivity index (χ4n) is 1.06.